The molecule has 0 saturated carbocycles. The Kier molecular flexibility index (Phi) is 8.49. The number of hydrogen-bond donors (Lipinski definition) is 0. The molecular weight excluding hydrogens is 354 g/mol. The molecule has 3 nitrogen and oxygen atoms in total. The van der Waals surface area contributed by atoms with Crippen LogP contribution in [0.3, 0.4) is 0 Å². The summed E-state index contributed by atoms with van der Waals surface area (Å²) in [5.41, 5.74) is 2.45. The highest BCUT2D eigenvalue weighted by molar-refractivity contribution is 5.87. The number of anilines is 1. The van der Waals surface area contributed by atoms with Crippen LogP contribution in [0.4, 0.5) is 5.69 Å². The second kappa shape index (κ2) is 11.6. The lowest BCUT2D eigenvalue weighted by Crippen LogP contribution is -2.07. The molecule has 0 aliphatic rings. The second-order valence-electron chi connectivity index (χ2n) is 6.39. The molecule has 0 fully saturated rings. The first-order chi connectivity index (χ1) is 14.1. The summed E-state index contributed by atoms with van der Waals surface area (Å²) in [5.74, 6) is 0. The van der Waals surface area contributed by atoms with Crippen LogP contribution < -0.4 is 4.90 Å². The van der Waals surface area contributed by atoms with Crippen molar-refractivity contribution >= 4 is 22.5 Å². The zero-order valence-corrected chi connectivity index (χ0v) is 16.7. The first-order valence-corrected chi connectivity index (χ1v) is 9.20. The lowest BCUT2D eigenvalue weighted by Gasteiger charge is -2.13. The summed E-state index contributed by atoms with van der Waals surface area (Å²) in [4.78, 5) is 2.10. The molecule has 0 amide bonds. The summed E-state index contributed by atoms with van der Waals surface area (Å²) in [6.07, 6.45) is 20.5. The third-order valence-electron chi connectivity index (χ3n) is 4.05. The van der Waals surface area contributed by atoms with Crippen molar-refractivity contribution in [3.05, 3.63) is 108 Å². The molecule has 0 aliphatic carbocycles. The van der Waals surface area contributed by atoms with Gasteiger partial charge in [-0.3, -0.25) is 0 Å². The van der Waals surface area contributed by atoms with Crippen LogP contribution in [0.25, 0.3) is 16.8 Å². The molecule has 0 heterocycles. The van der Waals surface area contributed by atoms with E-state index in [0.29, 0.717) is 0 Å². The minimum Gasteiger partial charge on any atom is -0.378 e. The topological polar surface area (TPSA) is 50.8 Å². The van der Waals surface area contributed by atoms with Gasteiger partial charge >= 0.3 is 0 Å². The quantitative estimate of drug-likeness (QED) is 0.431. The predicted octanol–water partition coefficient (Wildman–Crippen LogP) is 6.12. The van der Waals surface area contributed by atoms with Crippen molar-refractivity contribution < 1.29 is 0 Å². The highest BCUT2D eigenvalue weighted by Gasteiger charge is 1.98. The number of hydrogen-bond acceptors (Lipinski definition) is 3. The van der Waals surface area contributed by atoms with E-state index in [1.54, 1.807) is 24.3 Å². The van der Waals surface area contributed by atoms with E-state index in [0.717, 1.165) is 5.56 Å². The minimum absolute atomic E-state index is 0.0876. The van der Waals surface area contributed by atoms with Gasteiger partial charge < -0.3 is 4.90 Å². The van der Waals surface area contributed by atoms with E-state index in [9.17, 15) is 0 Å². The van der Waals surface area contributed by atoms with E-state index < -0.39 is 0 Å². The van der Waals surface area contributed by atoms with Gasteiger partial charge in [0.05, 0.1) is 0 Å². The lowest BCUT2D eigenvalue weighted by molar-refractivity contribution is 1.14. The maximum Gasteiger partial charge on any atom is 0.129 e. The Balaban J connectivity index is 1.88. The first kappa shape index (κ1) is 21.2. The van der Waals surface area contributed by atoms with E-state index >= 15 is 0 Å². The van der Waals surface area contributed by atoms with Crippen LogP contribution in [-0.4, -0.2) is 14.1 Å². The third kappa shape index (κ3) is 7.21. The minimum atomic E-state index is 0.0876. The molecule has 0 saturated heterocycles. The fourth-order valence-electron chi connectivity index (χ4n) is 2.50. The normalized spacial score (nSPS) is 11.7. The Morgan fingerprint density at radius 2 is 1.28 bits per heavy atom. The number of fused-ring (bicyclic) bond motifs is 1. The average molecular weight is 377 g/mol. The van der Waals surface area contributed by atoms with Crippen molar-refractivity contribution in [3.8, 4) is 12.1 Å². The smallest absolute Gasteiger partial charge is 0.129 e. The Hall–Kier alpha value is -4.08. The Bertz CT molecular complexity index is 1080. The third-order valence-corrected chi connectivity index (χ3v) is 4.05. The van der Waals surface area contributed by atoms with Crippen molar-refractivity contribution in [2.75, 3.05) is 19.0 Å². The van der Waals surface area contributed by atoms with E-state index in [1.807, 2.05) is 56.6 Å². The van der Waals surface area contributed by atoms with Crippen LogP contribution in [0.15, 0.2) is 103 Å². The lowest BCUT2D eigenvalue weighted by atomic mass is 10.1. The van der Waals surface area contributed by atoms with Gasteiger partial charge in [0.1, 0.15) is 17.7 Å². The summed E-state index contributed by atoms with van der Waals surface area (Å²) in [6.45, 7) is 0. The van der Waals surface area contributed by atoms with Gasteiger partial charge in [-0.2, -0.15) is 10.5 Å². The molecule has 0 bridgehead atoms. The summed E-state index contributed by atoms with van der Waals surface area (Å²) in [6, 6.07) is 16.5. The molecular formula is C26H23N3. The maximum absolute atomic E-state index is 8.60. The molecule has 29 heavy (non-hydrogen) atoms. The summed E-state index contributed by atoms with van der Waals surface area (Å²) >= 11 is 0. The van der Waals surface area contributed by atoms with Crippen molar-refractivity contribution in [2.45, 2.75) is 0 Å². The Morgan fingerprint density at radius 1 is 0.724 bits per heavy atom. The van der Waals surface area contributed by atoms with Gasteiger partial charge in [0.25, 0.3) is 0 Å². The molecule has 2 aromatic rings. The zero-order valence-electron chi connectivity index (χ0n) is 16.7. The van der Waals surface area contributed by atoms with Crippen LogP contribution in [0.1, 0.15) is 5.56 Å². The molecule has 0 spiro atoms. The molecule has 0 aromatic heterocycles. The molecule has 0 N–H and O–H groups in total. The van der Waals surface area contributed by atoms with Gasteiger partial charge in [0, 0.05) is 19.8 Å². The predicted molar refractivity (Wildman–Crippen MR) is 123 cm³/mol. The van der Waals surface area contributed by atoms with Gasteiger partial charge in [0.2, 0.25) is 0 Å². The molecule has 142 valence electrons. The van der Waals surface area contributed by atoms with Crippen LogP contribution in [0.2, 0.25) is 0 Å². The standard InChI is InChI=1S/C26H23N3/c1-29(2)26-17-16-24-18-22(14-15-25(24)19-26)12-10-8-6-4-3-5-7-9-11-13-23(20-27)21-28/h3-19H,1-2H3/b4-3+,7-5+,8-6+,11-9+,12-10+. The monoisotopic (exact) mass is 377 g/mol. The van der Waals surface area contributed by atoms with Crippen LogP contribution in [0.5, 0.6) is 0 Å². The van der Waals surface area contributed by atoms with Crippen molar-refractivity contribution in [1.82, 2.24) is 0 Å². The molecule has 2 aromatic carbocycles. The van der Waals surface area contributed by atoms with Gasteiger partial charge in [-0.25, -0.2) is 0 Å². The fourth-order valence-corrected chi connectivity index (χ4v) is 2.50. The Labute approximate surface area is 172 Å². The molecule has 0 radical (unpaired) electrons. The summed E-state index contributed by atoms with van der Waals surface area (Å²) in [5, 5.41) is 19.7. The van der Waals surface area contributed by atoms with Crippen LogP contribution in [0, 0.1) is 22.7 Å². The second-order valence-corrected chi connectivity index (χ2v) is 6.39. The van der Waals surface area contributed by atoms with Crippen molar-refractivity contribution in [1.29, 1.82) is 10.5 Å². The van der Waals surface area contributed by atoms with Gasteiger partial charge in [-0.15, -0.1) is 0 Å². The molecule has 3 heteroatoms. The van der Waals surface area contributed by atoms with Crippen molar-refractivity contribution in [3.63, 3.8) is 0 Å². The van der Waals surface area contributed by atoms with Crippen molar-refractivity contribution in [2.24, 2.45) is 0 Å². The van der Waals surface area contributed by atoms with E-state index in [-0.39, 0.29) is 5.57 Å². The summed E-state index contributed by atoms with van der Waals surface area (Å²) < 4.78 is 0. The number of allylic oxidation sites excluding steroid dienone is 11. The van der Waals surface area contributed by atoms with E-state index in [1.165, 1.54) is 22.5 Å². The molecule has 0 aliphatic heterocycles. The highest BCUT2D eigenvalue weighted by atomic mass is 15.1. The van der Waals surface area contributed by atoms with Crippen LogP contribution >= 0.6 is 0 Å². The number of benzene rings is 2. The van der Waals surface area contributed by atoms with Gasteiger partial charge in [0.15, 0.2) is 0 Å². The SMILES string of the molecule is CN(C)c1ccc2cc(/C=C/C=C/C=C/C=C/C=C/C=C(C#N)C#N)ccc2c1. The number of rotatable bonds is 7. The molecule has 0 unspecified atom stereocenters. The zero-order chi connectivity index (χ0) is 20.9. The Morgan fingerprint density at radius 3 is 1.90 bits per heavy atom. The van der Waals surface area contributed by atoms with Crippen LogP contribution in [-0.2, 0) is 0 Å². The summed E-state index contributed by atoms with van der Waals surface area (Å²) in [7, 11) is 4.09. The maximum atomic E-state index is 8.60. The van der Waals surface area contributed by atoms with E-state index in [4.69, 9.17) is 10.5 Å². The molecule has 0 atom stereocenters. The van der Waals surface area contributed by atoms with Gasteiger partial charge in [-0.1, -0.05) is 79.0 Å². The van der Waals surface area contributed by atoms with E-state index in [2.05, 4.69) is 47.4 Å². The number of nitrogens with zero attached hydrogens (tertiary/aromatic N) is 3. The first-order valence-electron chi connectivity index (χ1n) is 9.20. The van der Waals surface area contributed by atoms with Gasteiger partial charge in [-0.05, 0) is 40.6 Å². The average Bonchev–Trinajstić information content (AvgIpc) is 2.74. The highest BCUT2D eigenvalue weighted by Crippen LogP contribution is 2.22. The number of nitriles is 2. The largest absolute Gasteiger partial charge is 0.378 e. The fraction of sp³-hybridized carbons (Fsp3) is 0.0769. The molecule has 2 rings (SSSR count).